The summed E-state index contributed by atoms with van der Waals surface area (Å²) < 4.78 is 27.0. The van der Waals surface area contributed by atoms with E-state index in [4.69, 9.17) is 9.47 Å². The molecule has 10 atom stereocenters. The number of hydrogen-bond donors (Lipinski definition) is 2. The first kappa shape index (κ1) is 36.4. The zero-order chi connectivity index (χ0) is 36.2. The smallest absolute Gasteiger partial charge is 0.334 e. The van der Waals surface area contributed by atoms with Gasteiger partial charge in [-0.1, -0.05) is 44.6 Å². The number of esters is 2. The Morgan fingerprint density at radius 3 is 2.44 bits per heavy atom. The Hall–Kier alpha value is -3.37. The van der Waals surface area contributed by atoms with Crippen molar-refractivity contribution in [3.05, 3.63) is 64.8 Å². The first-order valence-corrected chi connectivity index (χ1v) is 18.3. The molecule has 0 unspecified atom stereocenters. The highest BCUT2D eigenvalue weighted by molar-refractivity contribution is 5.90. The van der Waals surface area contributed by atoms with Crippen LogP contribution in [-0.4, -0.2) is 55.5 Å². The molecule has 272 valence electrons. The molecule has 4 aliphatic rings. The topological polar surface area (TPSA) is 124 Å². The van der Waals surface area contributed by atoms with Crippen LogP contribution in [-0.2, 0) is 25.7 Å². The molecule has 4 fully saturated rings. The minimum absolute atomic E-state index is 0.00655. The summed E-state index contributed by atoms with van der Waals surface area (Å²) in [7, 11) is 0. The maximum atomic E-state index is 14.2. The fourth-order valence-corrected chi connectivity index (χ4v) is 11.1. The van der Waals surface area contributed by atoms with Crippen LogP contribution in [0.15, 0.2) is 53.3 Å². The predicted octanol–water partition coefficient (Wildman–Crippen LogP) is 7.04. The fraction of sp³-hybridized carbons (Fsp3) is 0.650. The van der Waals surface area contributed by atoms with Gasteiger partial charge >= 0.3 is 11.9 Å². The van der Waals surface area contributed by atoms with E-state index in [-0.39, 0.29) is 52.5 Å². The zero-order valence-electron chi connectivity index (χ0n) is 30.6. The summed E-state index contributed by atoms with van der Waals surface area (Å²) in [6.45, 7) is 14.4. The molecule has 0 amide bonds. The van der Waals surface area contributed by atoms with Crippen LogP contribution in [0.3, 0.4) is 0 Å². The third-order valence-corrected chi connectivity index (χ3v) is 13.5. The van der Waals surface area contributed by atoms with E-state index in [9.17, 15) is 24.2 Å². The number of halogens is 1. The molecule has 50 heavy (non-hydrogen) atoms. The van der Waals surface area contributed by atoms with Crippen molar-refractivity contribution in [1.29, 1.82) is 0 Å². The Morgan fingerprint density at radius 1 is 1.04 bits per heavy atom. The summed E-state index contributed by atoms with van der Waals surface area (Å²) in [4.78, 5) is 26.9. The van der Waals surface area contributed by atoms with Crippen LogP contribution in [0.25, 0.3) is 5.69 Å². The lowest BCUT2D eigenvalue weighted by atomic mass is 9.36. The fourth-order valence-electron chi connectivity index (χ4n) is 11.1. The average molecular weight is 692 g/mol. The molecule has 4 saturated carbocycles. The van der Waals surface area contributed by atoms with Crippen LogP contribution in [0, 0.1) is 45.7 Å². The number of aliphatic hydroxyl groups excluding tert-OH is 2. The van der Waals surface area contributed by atoms with E-state index in [0.717, 1.165) is 36.8 Å². The van der Waals surface area contributed by atoms with E-state index < -0.39 is 24.1 Å². The van der Waals surface area contributed by atoms with Gasteiger partial charge in [0.2, 0.25) is 0 Å². The predicted molar refractivity (Wildman–Crippen MR) is 186 cm³/mol. The van der Waals surface area contributed by atoms with Gasteiger partial charge in [0.05, 0.1) is 24.1 Å². The normalized spacial score (nSPS) is 37.2. The second-order valence-electron chi connectivity index (χ2n) is 16.5. The Labute approximate surface area is 295 Å². The van der Waals surface area contributed by atoms with E-state index in [1.54, 1.807) is 18.3 Å². The van der Waals surface area contributed by atoms with Gasteiger partial charge in [-0.2, -0.15) is 0 Å². The van der Waals surface area contributed by atoms with Crippen molar-refractivity contribution in [3.63, 3.8) is 0 Å². The molecule has 6 rings (SSSR count). The number of aliphatic hydroxyl groups is 2. The lowest BCUT2D eigenvalue weighted by Gasteiger charge is -2.69. The molecule has 1 heterocycles. The third-order valence-electron chi connectivity index (χ3n) is 13.5. The van der Waals surface area contributed by atoms with E-state index in [0.29, 0.717) is 48.6 Å². The first-order valence-electron chi connectivity index (χ1n) is 18.3. The number of carbonyl (C=O) groups is 2. The molecular weight excluding hydrogens is 637 g/mol. The minimum Gasteiger partial charge on any atom is -0.458 e. The van der Waals surface area contributed by atoms with Gasteiger partial charge < -0.3 is 19.7 Å². The Bertz CT molecular complexity index is 1660. The average Bonchev–Trinajstić information content (AvgIpc) is 3.63. The molecule has 9 nitrogen and oxygen atoms in total. The number of nitrogens with zero attached hydrogens (tertiary/aromatic N) is 3. The quantitative estimate of drug-likeness (QED) is 0.172. The maximum absolute atomic E-state index is 14.2. The Kier molecular flexibility index (Phi) is 9.94. The van der Waals surface area contributed by atoms with Gasteiger partial charge in [-0.25, -0.2) is 13.9 Å². The summed E-state index contributed by atoms with van der Waals surface area (Å²) in [5.74, 6) is -0.958. The molecule has 0 spiro atoms. The molecule has 10 heteroatoms. The van der Waals surface area contributed by atoms with Crippen LogP contribution < -0.4 is 0 Å². The summed E-state index contributed by atoms with van der Waals surface area (Å²) >= 11 is 0. The molecule has 0 saturated heterocycles. The summed E-state index contributed by atoms with van der Waals surface area (Å²) in [5, 5.41) is 31.4. The van der Waals surface area contributed by atoms with Crippen LogP contribution in [0.5, 0.6) is 0 Å². The van der Waals surface area contributed by atoms with E-state index in [2.05, 4.69) is 44.1 Å². The number of fused-ring (bicyclic) bond motifs is 5. The number of carbonyl (C=O) groups excluding carboxylic acids is 2. The first-order chi connectivity index (χ1) is 23.6. The van der Waals surface area contributed by atoms with Gasteiger partial charge in [0.1, 0.15) is 24.2 Å². The van der Waals surface area contributed by atoms with Crippen molar-refractivity contribution in [2.45, 2.75) is 125 Å². The van der Waals surface area contributed by atoms with Gasteiger partial charge in [-0.05, 0) is 135 Å². The Balaban J connectivity index is 1.36. The molecule has 1 aromatic carbocycles. The minimum atomic E-state index is -0.615. The number of allylic oxidation sites excluding steroid dienone is 2. The van der Waals surface area contributed by atoms with Gasteiger partial charge in [0.25, 0.3) is 0 Å². The van der Waals surface area contributed by atoms with Crippen molar-refractivity contribution in [3.8, 4) is 5.69 Å². The largest absolute Gasteiger partial charge is 0.458 e. The highest BCUT2D eigenvalue weighted by Crippen LogP contribution is 2.74. The van der Waals surface area contributed by atoms with Gasteiger partial charge in [-0.3, -0.25) is 4.79 Å². The highest BCUT2D eigenvalue weighted by atomic mass is 19.1. The Morgan fingerprint density at radius 2 is 1.76 bits per heavy atom. The molecule has 0 bridgehead atoms. The lowest BCUT2D eigenvalue weighted by Crippen LogP contribution is -2.65. The van der Waals surface area contributed by atoms with Crippen LogP contribution in [0.4, 0.5) is 4.39 Å². The van der Waals surface area contributed by atoms with Gasteiger partial charge in [-0.15, -0.1) is 5.10 Å². The third kappa shape index (κ3) is 6.25. The SMILES string of the molecule is CC(=O)O[C@H]1C[C@@]2(C)[C@@H](C[C@@H](O)[C@H]3[C@@]4(C)CC[C@@H](O)[C@@H](C)[C@@H]4CC[C@@]32C)/C1=C(\CCC=C(C)C)C(=O)OCc1cn(-c2ccc(F)cc2)nn1. The molecule has 4 aliphatic carbocycles. The molecular formula is C40H54FN3O6. The molecule has 2 aromatic rings. The van der Waals surface area contributed by atoms with E-state index in [1.165, 1.54) is 23.7 Å². The van der Waals surface area contributed by atoms with Gasteiger partial charge in [0, 0.05) is 12.5 Å². The van der Waals surface area contributed by atoms with E-state index in [1.807, 2.05) is 13.8 Å². The highest BCUT2D eigenvalue weighted by Gasteiger charge is 2.70. The molecule has 1 aromatic heterocycles. The molecule has 0 aliphatic heterocycles. The maximum Gasteiger partial charge on any atom is 0.334 e. The number of ether oxygens (including phenoxy) is 2. The van der Waals surface area contributed by atoms with Crippen molar-refractivity contribution >= 4 is 11.9 Å². The number of hydrogen-bond acceptors (Lipinski definition) is 8. The van der Waals surface area contributed by atoms with Crippen LogP contribution in [0.2, 0.25) is 0 Å². The number of rotatable bonds is 8. The van der Waals surface area contributed by atoms with Crippen molar-refractivity contribution in [2.75, 3.05) is 0 Å². The van der Waals surface area contributed by atoms with Crippen LogP contribution in [0.1, 0.15) is 106 Å². The lowest BCUT2D eigenvalue weighted by molar-refractivity contribution is -0.234. The molecule has 2 N–H and O–H groups in total. The van der Waals surface area contributed by atoms with Crippen molar-refractivity contribution in [2.24, 2.45) is 39.9 Å². The zero-order valence-corrected chi connectivity index (χ0v) is 30.6. The van der Waals surface area contributed by atoms with Crippen LogP contribution >= 0.6 is 0 Å². The van der Waals surface area contributed by atoms with Crippen molar-refractivity contribution in [1.82, 2.24) is 15.0 Å². The van der Waals surface area contributed by atoms with Crippen molar-refractivity contribution < 1.29 is 33.7 Å². The summed E-state index contributed by atoms with van der Waals surface area (Å²) in [5.41, 5.74) is 2.67. The number of benzene rings is 1. The monoisotopic (exact) mass is 691 g/mol. The summed E-state index contributed by atoms with van der Waals surface area (Å²) in [6, 6.07) is 5.86. The second kappa shape index (κ2) is 13.6. The number of aromatic nitrogens is 3. The summed E-state index contributed by atoms with van der Waals surface area (Å²) in [6.07, 6.45) is 7.66. The molecule has 0 radical (unpaired) electrons. The standard InChI is InChI=1S/C40H54FN3O6/c1-23(2)9-8-10-29(37(48)49-22-27-21-44(43-42-27)28-13-11-26(41)12-14-28)35-31-19-33(47)36-38(5)17-16-32(46)24(3)30(38)15-18-39(36,6)40(31,7)20-34(35)50-25(4)45/h9,11-14,21,24,30-34,36,46-47H,8,10,15-20,22H2,1-7H3/b35-29-/t24-,30-,31-,32+,33+,34-,36-,38-,39-,40-/m0/s1. The second-order valence-corrected chi connectivity index (χ2v) is 16.5. The van der Waals surface area contributed by atoms with Gasteiger partial charge in [0.15, 0.2) is 0 Å². The van der Waals surface area contributed by atoms with E-state index >= 15 is 0 Å².